The fraction of sp³-hybridized carbons (Fsp3) is 0.773. The Hall–Kier alpha value is -0.380. The zero-order valence-electron chi connectivity index (χ0n) is 18.1. The van der Waals surface area contributed by atoms with Crippen molar-refractivity contribution in [3.05, 3.63) is 22.4 Å². The number of rotatable bonds is 10. The average Bonchev–Trinajstić information content (AvgIpc) is 3.48. The molecule has 29 heavy (non-hydrogen) atoms. The predicted molar refractivity (Wildman–Crippen MR) is 135 cm³/mol. The van der Waals surface area contributed by atoms with Crippen molar-refractivity contribution in [2.45, 2.75) is 57.9 Å². The summed E-state index contributed by atoms with van der Waals surface area (Å²) in [5.74, 6) is 0.934. The summed E-state index contributed by atoms with van der Waals surface area (Å²) in [5, 5.41) is 9.44. The van der Waals surface area contributed by atoms with Gasteiger partial charge in [0.1, 0.15) is 0 Å². The van der Waals surface area contributed by atoms with E-state index in [1.54, 1.807) is 0 Å². The van der Waals surface area contributed by atoms with Gasteiger partial charge < -0.3 is 15.4 Å². The van der Waals surface area contributed by atoms with Crippen molar-refractivity contribution in [3.63, 3.8) is 0 Å². The molecule has 2 N–H and O–H groups in total. The summed E-state index contributed by atoms with van der Waals surface area (Å²) >= 11 is 1.87. The third kappa shape index (κ3) is 7.36. The molecule has 7 heteroatoms. The van der Waals surface area contributed by atoms with E-state index in [0.29, 0.717) is 11.5 Å². The molecule has 3 rings (SSSR count). The maximum absolute atomic E-state index is 5.65. The molecule has 0 amide bonds. The van der Waals surface area contributed by atoms with Crippen molar-refractivity contribution in [1.82, 2.24) is 15.5 Å². The number of nitrogens with one attached hydrogen (secondary N) is 2. The Morgan fingerprint density at radius 2 is 2.00 bits per heavy atom. The number of ether oxygens (including phenoxy) is 1. The number of aliphatic imine (C=N–C) groups is 1. The first-order valence-corrected chi connectivity index (χ1v) is 11.9. The highest BCUT2D eigenvalue weighted by Crippen LogP contribution is 2.40. The Morgan fingerprint density at radius 1 is 1.24 bits per heavy atom. The number of likely N-dealkylation sites (tertiary alicyclic amines) is 1. The van der Waals surface area contributed by atoms with Gasteiger partial charge in [-0.2, -0.15) is 0 Å². The minimum absolute atomic E-state index is 0. The Bertz CT molecular complexity index is 584. The van der Waals surface area contributed by atoms with E-state index in [9.17, 15) is 0 Å². The molecule has 1 aliphatic heterocycles. The van der Waals surface area contributed by atoms with Crippen LogP contribution in [0.2, 0.25) is 0 Å². The summed E-state index contributed by atoms with van der Waals surface area (Å²) in [4.78, 5) is 8.57. The van der Waals surface area contributed by atoms with Crippen LogP contribution in [0.25, 0.3) is 0 Å². The largest absolute Gasteiger partial charge is 0.382 e. The quantitative estimate of drug-likeness (QED) is 0.199. The van der Waals surface area contributed by atoms with Gasteiger partial charge in [-0.15, -0.1) is 35.3 Å². The van der Waals surface area contributed by atoms with Crippen LogP contribution in [-0.2, 0) is 4.74 Å². The number of nitrogens with zero attached hydrogens (tertiary/aromatic N) is 2. The molecule has 1 unspecified atom stereocenters. The molecule has 2 aliphatic rings. The molecular formula is C22H39IN4OS. The highest BCUT2D eigenvalue weighted by molar-refractivity contribution is 14.0. The molecular weight excluding hydrogens is 495 g/mol. The molecule has 1 aliphatic carbocycles. The van der Waals surface area contributed by atoms with Gasteiger partial charge in [0.05, 0.1) is 6.04 Å². The van der Waals surface area contributed by atoms with Crippen molar-refractivity contribution in [2.24, 2.45) is 10.4 Å². The topological polar surface area (TPSA) is 48.9 Å². The lowest BCUT2D eigenvalue weighted by atomic mass is 9.83. The molecule has 1 aromatic rings. The van der Waals surface area contributed by atoms with Gasteiger partial charge in [0.15, 0.2) is 5.96 Å². The van der Waals surface area contributed by atoms with Crippen LogP contribution in [0.15, 0.2) is 22.5 Å². The summed E-state index contributed by atoms with van der Waals surface area (Å²) in [6, 6.07) is 4.88. The Kier molecular flexibility index (Phi) is 11.3. The van der Waals surface area contributed by atoms with Gasteiger partial charge in [-0.25, -0.2) is 0 Å². The summed E-state index contributed by atoms with van der Waals surface area (Å²) in [6.07, 6.45) is 9.07. The number of hydrogen-bond acceptors (Lipinski definition) is 4. The average molecular weight is 535 g/mol. The molecule has 0 bridgehead atoms. The molecule has 0 radical (unpaired) electrons. The third-order valence-electron chi connectivity index (χ3n) is 6.42. The first kappa shape index (κ1) is 24.9. The smallest absolute Gasteiger partial charge is 0.191 e. The first-order chi connectivity index (χ1) is 13.8. The fourth-order valence-corrected chi connectivity index (χ4v) is 5.56. The number of thiophene rings is 1. The molecule has 0 aromatic carbocycles. The molecule has 2 heterocycles. The second-order valence-electron chi connectivity index (χ2n) is 8.23. The molecule has 2 fully saturated rings. The second kappa shape index (κ2) is 13.1. The van der Waals surface area contributed by atoms with Crippen molar-refractivity contribution in [2.75, 3.05) is 46.4 Å². The molecule has 1 atom stereocenters. The van der Waals surface area contributed by atoms with Crippen molar-refractivity contribution in [3.8, 4) is 0 Å². The van der Waals surface area contributed by atoms with E-state index < -0.39 is 0 Å². The monoisotopic (exact) mass is 534 g/mol. The van der Waals surface area contributed by atoms with Gasteiger partial charge in [0, 0.05) is 38.2 Å². The van der Waals surface area contributed by atoms with Crippen LogP contribution >= 0.6 is 35.3 Å². The molecule has 5 nitrogen and oxygen atoms in total. The molecule has 1 saturated heterocycles. The van der Waals surface area contributed by atoms with Crippen molar-refractivity contribution in [1.29, 1.82) is 0 Å². The molecule has 1 aromatic heterocycles. The van der Waals surface area contributed by atoms with E-state index in [0.717, 1.165) is 38.7 Å². The van der Waals surface area contributed by atoms with Crippen molar-refractivity contribution >= 4 is 41.3 Å². The standard InChI is InChI=1S/C22H38N4OS.HI/c1-3-27-15-12-22(10-4-5-11-22)18-25-21(23-2)24-17-19(20-9-8-16-28-20)26-13-6-7-14-26;/h8-9,16,19H,3-7,10-15,17-18H2,1-2H3,(H2,23,24,25);1H. The molecule has 1 saturated carbocycles. The van der Waals surface area contributed by atoms with Crippen LogP contribution in [0.3, 0.4) is 0 Å². The first-order valence-electron chi connectivity index (χ1n) is 11.1. The van der Waals surface area contributed by atoms with E-state index >= 15 is 0 Å². The molecule has 166 valence electrons. The van der Waals surface area contributed by atoms with E-state index in [1.807, 2.05) is 18.4 Å². The summed E-state index contributed by atoms with van der Waals surface area (Å²) in [6.45, 7) is 8.08. The maximum atomic E-state index is 5.65. The Morgan fingerprint density at radius 3 is 2.62 bits per heavy atom. The van der Waals surface area contributed by atoms with Gasteiger partial charge in [-0.05, 0) is 69.0 Å². The van der Waals surface area contributed by atoms with Gasteiger partial charge in [0.2, 0.25) is 0 Å². The number of halogens is 1. The lowest BCUT2D eigenvalue weighted by Gasteiger charge is -2.31. The van der Waals surface area contributed by atoms with E-state index in [2.05, 4.69) is 45.0 Å². The van der Waals surface area contributed by atoms with Crippen LogP contribution in [0.5, 0.6) is 0 Å². The fourth-order valence-electron chi connectivity index (χ4n) is 4.70. The van der Waals surface area contributed by atoms with Gasteiger partial charge in [-0.3, -0.25) is 9.89 Å². The Balaban J connectivity index is 0.00000300. The van der Waals surface area contributed by atoms with Gasteiger partial charge >= 0.3 is 0 Å². The van der Waals surface area contributed by atoms with Crippen LogP contribution in [0.4, 0.5) is 0 Å². The lowest BCUT2D eigenvalue weighted by Crippen LogP contribution is -2.46. The Labute approximate surface area is 198 Å². The lowest BCUT2D eigenvalue weighted by molar-refractivity contribution is 0.105. The number of hydrogen-bond donors (Lipinski definition) is 2. The zero-order valence-corrected chi connectivity index (χ0v) is 21.3. The predicted octanol–water partition coefficient (Wildman–Crippen LogP) is 4.66. The van der Waals surface area contributed by atoms with Crippen molar-refractivity contribution < 1.29 is 4.74 Å². The highest BCUT2D eigenvalue weighted by Gasteiger charge is 2.33. The van der Waals surface area contributed by atoms with E-state index in [-0.39, 0.29) is 24.0 Å². The maximum Gasteiger partial charge on any atom is 0.191 e. The van der Waals surface area contributed by atoms with Crippen LogP contribution < -0.4 is 10.6 Å². The minimum Gasteiger partial charge on any atom is -0.382 e. The van der Waals surface area contributed by atoms with Crippen LogP contribution in [0, 0.1) is 5.41 Å². The van der Waals surface area contributed by atoms with Crippen LogP contribution in [-0.4, -0.2) is 57.3 Å². The summed E-state index contributed by atoms with van der Waals surface area (Å²) in [7, 11) is 1.88. The molecule has 0 spiro atoms. The van der Waals surface area contributed by atoms with E-state index in [1.165, 1.54) is 56.5 Å². The number of guanidine groups is 1. The summed E-state index contributed by atoms with van der Waals surface area (Å²) in [5.41, 5.74) is 0.370. The van der Waals surface area contributed by atoms with Gasteiger partial charge in [-0.1, -0.05) is 18.9 Å². The second-order valence-corrected chi connectivity index (χ2v) is 9.21. The highest BCUT2D eigenvalue weighted by atomic mass is 127. The van der Waals surface area contributed by atoms with Crippen LogP contribution in [0.1, 0.15) is 62.8 Å². The summed E-state index contributed by atoms with van der Waals surface area (Å²) < 4.78 is 5.65. The van der Waals surface area contributed by atoms with E-state index in [4.69, 9.17) is 4.74 Å². The zero-order chi connectivity index (χ0) is 19.7. The SMILES string of the molecule is CCOCCC1(CNC(=NC)NCC(c2cccs2)N2CCCC2)CCCC1.I. The normalized spacial score (nSPS) is 20.4. The minimum atomic E-state index is 0. The third-order valence-corrected chi connectivity index (χ3v) is 7.39. The van der Waals surface area contributed by atoms with Gasteiger partial charge in [0.25, 0.3) is 0 Å².